The van der Waals surface area contributed by atoms with Crippen molar-refractivity contribution in [1.29, 1.82) is 0 Å². The van der Waals surface area contributed by atoms with Crippen molar-refractivity contribution in [3.05, 3.63) is 35.9 Å². The van der Waals surface area contributed by atoms with Crippen LogP contribution in [0.15, 0.2) is 30.3 Å². The summed E-state index contributed by atoms with van der Waals surface area (Å²) in [5.74, 6) is 0.254. The Morgan fingerprint density at radius 2 is 1.73 bits per heavy atom. The lowest BCUT2D eigenvalue weighted by Crippen LogP contribution is -2.60. The number of benzene rings is 1. The number of nitrogens with two attached hydrogens (primary N) is 2. The molecule has 1 aromatic rings. The number of carbonyl (C=O) groups excluding carboxylic acids is 1. The molecule has 2 fully saturated rings. The third kappa shape index (κ3) is 3.03. The molecule has 0 bridgehead atoms. The predicted octanol–water partition coefficient (Wildman–Crippen LogP) is 1.99. The Morgan fingerprint density at radius 1 is 1.09 bits per heavy atom. The minimum absolute atomic E-state index is 0.351. The maximum Gasteiger partial charge on any atom is 0.237 e. The minimum atomic E-state index is -0.798. The summed E-state index contributed by atoms with van der Waals surface area (Å²) in [7, 11) is 0. The first-order valence-electron chi connectivity index (χ1n) is 8.48. The van der Waals surface area contributed by atoms with Crippen LogP contribution in [0.4, 0.5) is 0 Å². The van der Waals surface area contributed by atoms with Crippen molar-refractivity contribution in [2.45, 2.75) is 56.0 Å². The minimum Gasteiger partial charge on any atom is -0.368 e. The molecule has 1 aliphatic carbocycles. The lowest BCUT2D eigenvalue weighted by molar-refractivity contribution is -0.125. The zero-order valence-electron chi connectivity index (χ0n) is 13.2. The van der Waals surface area contributed by atoms with Crippen LogP contribution in [0, 0.1) is 0 Å². The molecular formula is C18H27N3O. The highest BCUT2D eigenvalue weighted by Crippen LogP contribution is 2.37. The van der Waals surface area contributed by atoms with Crippen molar-refractivity contribution < 1.29 is 4.79 Å². The van der Waals surface area contributed by atoms with Crippen LogP contribution in [-0.4, -0.2) is 35.5 Å². The van der Waals surface area contributed by atoms with E-state index < -0.39 is 5.54 Å². The van der Waals surface area contributed by atoms with Crippen LogP contribution >= 0.6 is 0 Å². The van der Waals surface area contributed by atoms with Gasteiger partial charge in [0.2, 0.25) is 5.91 Å². The van der Waals surface area contributed by atoms with Crippen molar-refractivity contribution in [3.63, 3.8) is 0 Å². The van der Waals surface area contributed by atoms with Crippen molar-refractivity contribution in [1.82, 2.24) is 4.90 Å². The fraction of sp³-hybridized carbons (Fsp3) is 0.611. The van der Waals surface area contributed by atoms with E-state index in [4.69, 9.17) is 11.5 Å². The maximum atomic E-state index is 11.5. The number of hydrogen-bond donors (Lipinski definition) is 2. The molecule has 0 unspecified atom stereocenters. The highest BCUT2D eigenvalue weighted by Gasteiger charge is 2.40. The van der Waals surface area contributed by atoms with Gasteiger partial charge in [-0.05, 0) is 37.2 Å². The molecule has 1 aliphatic heterocycles. The van der Waals surface area contributed by atoms with Gasteiger partial charge < -0.3 is 11.5 Å². The van der Waals surface area contributed by atoms with Gasteiger partial charge in [0.25, 0.3) is 0 Å². The molecule has 1 aromatic carbocycles. The van der Waals surface area contributed by atoms with Crippen LogP contribution in [0.3, 0.4) is 0 Å². The molecule has 0 spiro atoms. The van der Waals surface area contributed by atoms with Gasteiger partial charge >= 0.3 is 0 Å². The summed E-state index contributed by atoms with van der Waals surface area (Å²) in [5, 5.41) is 0. The van der Waals surface area contributed by atoms with Gasteiger partial charge in [0.05, 0.1) is 5.54 Å². The Hall–Kier alpha value is -1.39. The van der Waals surface area contributed by atoms with Gasteiger partial charge in [-0.3, -0.25) is 9.69 Å². The fourth-order valence-corrected chi connectivity index (χ4v) is 4.14. The van der Waals surface area contributed by atoms with E-state index in [1.165, 1.54) is 31.2 Å². The highest BCUT2D eigenvalue weighted by atomic mass is 16.1. The number of rotatable bonds is 3. The van der Waals surface area contributed by atoms with Crippen molar-refractivity contribution in [2.75, 3.05) is 13.1 Å². The summed E-state index contributed by atoms with van der Waals surface area (Å²) in [6, 6.07) is 11.4. The lowest BCUT2D eigenvalue weighted by atomic mass is 9.77. The molecule has 4 nitrogen and oxygen atoms in total. The number of hydrogen-bond acceptors (Lipinski definition) is 3. The summed E-state index contributed by atoms with van der Waals surface area (Å²) < 4.78 is 0. The van der Waals surface area contributed by atoms with Crippen molar-refractivity contribution in [3.8, 4) is 0 Å². The lowest BCUT2D eigenvalue weighted by Gasteiger charge is -2.45. The normalized spacial score (nSPS) is 29.1. The summed E-state index contributed by atoms with van der Waals surface area (Å²) in [6.45, 7) is 1.76. The highest BCUT2D eigenvalue weighted by molar-refractivity contribution is 5.84. The van der Waals surface area contributed by atoms with E-state index in [-0.39, 0.29) is 5.91 Å². The third-order valence-corrected chi connectivity index (χ3v) is 5.61. The Morgan fingerprint density at radius 3 is 2.36 bits per heavy atom. The largest absolute Gasteiger partial charge is 0.368 e. The summed E-state index contributed by atoms with van der Waals surface area (Å²) in [5.41, 5.74) is 12.3. The molecule has 22 heavy (non-hydrogen) atoms. The molecule has 1 saturated carbocycles. The van der Waals surface area contributed by atoms with Crippen LogP contribution in [0.5, 0.6) is 0 Å². The SMILES string of the molecule is NC(=O)C1(N)CCN([C@@H]2CCCC[C@@H]2c2ccccc2)CC1. The van der Waals surface area contributed by atoms with E-state index in [1.807, 2.05) is 0 Å². The average molecular weight is 301 g/mol. The molecule has 4 heteroatoms. The second-order valence-corrected chi connectivity index (χ2v) is 6.93. The van der Waals surface area contributed by atoms with Gasteiger partial charge in [0.1, 0.15) is 0 Å². The number of carbonyl (C=O) groups is 1. The van der Waals surface area contributed by atoms with Crippen LogP contribution in [-0.2, 0) is 4.79 Å². The molecular weight excluding hydrogens is 274 g/mol. The van der Waals surface area contributed by atoms with E-state index in [0.29, 0.717) is 24.8 Å². The number of nitrogens with zero attached hydrogens (tertiary/aromatic N) is 1. The van der Waals surface area contributed by atoms with E-state index in [9.17, 15) is 4.79 Å². The Bertz CT molecular complexity index is 508. The van der Waals surface area contributed by atoms with Gasteiger partial charge in [-0.1, -0.05) is 43.2 Å². The first kappa shape index (κ1) is 15.5. The van der Waals surface area contributed by atoms with Gasteiger partial charge in [0, 0.05) is 19.1 Å². The van der Waals surface area contributed by atoms with Crippen molar-refractivity contribution in [2.24, 2.45) is 11.5 Å². The molecule has 120 valence electrons. The molecule has 1 saturated heterocycles. The zero-order chi connectivity index (χ0) is 15.6. The van der Waals surface area contributed by atoms with Crippen LogP contribution in [0.1, 0.15) is 50.0 Å². The van der Waals surface area contributed by atoms with Gasteiger partial charge in [0.15, 0.2) is 0 Å². The Balaban J connectivity index is 1.71. The second kappa shape index (κ2) is 6.39. The van der Waals surface area contributed by atoms with Crippen LogP contribution in [0.25, 0.3) is 0 Å². The van der Waals surface area contributed by atoms with E-state index in [2.05, 4.69) is 35.2 Å². The zero-order valence-corrected chi connectivity index (χ0v) is 13.2. The molecule has 3 rings (SSSR count). The van der Waals surface area contributed by atoms with Gasteiger partial charge in [-0.25, -0.2) is 0 Å². The molecule has 0 aromatic heterocycles. The van der Waals surface area contributed by atoms with Crippen LogP contribution in [0.2, 0.25) is 0 Å². The van der Waals surface area contributed by atoms with Gasteiger partial charge in [-0.2, -0.15) is 0 Å². The summed E-state index contributed by atoms with van der Waals surface area (Å²) >= 11 is 0. The molecule has 2 aliphatic rings. The average Bonchev–Trinajstić information content (AvgIpc) is 2.56. The Labute approximate surface area is 132 Å². The predicted molar refractivity (Wildman–Crippen MR) is 88.4 cm³/mol. The number of likely N-dealkylation sites (tertiary alicyclic amines) is 1. The summed E-state index contributed by atoms with van der Waals surface area (Å²) in [6.07, 6.45) is 6.48. The molecule has 1 amide bonds. The summed E-state index contributed by atoms with van der Waals surface area (Å²) in [4.78, 5) is 14.1. The molecule has 2 atom stereocenters. The maximum absolute atomic E-state index is 11.5. The molecule has 1 heterocycles. The fourth-order valence-electron chi connectivity index (χ4n) is 4.14. The monoisotopic (exact) mass is 301 g/mol. The number of piperidine rings is 1. The first-order chi connectivity index (χ1) is 10.6. The number of amides is 1. The van der Waals surface area contributed by atoms with E-state index in [1.54, 1.807) is 0 Å². The second-order valence-electron chi connectivity index (χ2n) is 6.93. The van der Waals surface area contributed by atoms with E-state index >= 15 is 0 Å². The Kier molecular flexibility index (Phi) is 4.50. The number of primary amides is 1. The third-order valence-electron chi connectivity index (χ3n) is 5.61. The molecule has 4 N–H and O–H groups in total. The van der Waals surface area contributed by atoms with E-state index in [0.717, 1.165) is 13.1 Å². The molecule has 0 radical (unpaired) electrons. The topological polar surface area (TPSA) is 72.3 Å². The smallest absolute Gasteiger partial charge is 0.237 e. The first-order valence-corrected chi connectivity index (χ1v) is 8.48. The van der Waals surface area contributed by atoms with Crippen LogP contribution < -0.4 is 11.5 Å². The van der Waals surface area contributed by atoms with Gasteiger partial charge in [-0.15, -0.1) is 0 Å². The van der Waals surface area contributed by atoms with Crippen molar-refractivity contribution >= 4 is 5.91 Å². The standard InChI is InChI=1S/C18H27N3O/c19-17(22)18(20)10-12-21(13-11-18)16-9-5-4-8-15(16)14-6-2-1-3-7-14/h1-3,6-7,15-16H,4-5,8-13,20H2,(H2,19,22)/t15-,16-/m1/s1. The quantitative estimate of drug-likeness (QED) is 0.897.